The van der Waals surface area contributed by atoms with E-state index in [1.807, 2.05) is 51.1 Å². The molecule has 1 unspecified atom stereocenters. The van der Waals surface area contributed by atoms with Gasteiger partial charge in [0, 0.05) is 46.3 Å². The highest BCUT2D eigenvalue weighted by atomic mass is 16.5. The van der Waals surface area contributed by atoms with Gasteiger partial charge in [-0.25, -0.2) is 15.0 Å². The molecule has 0 amide bonds. The van der Waals surface area contributed by atoms with Crippen LogP contribution < -0.4 is 10.6 Å². The minimum Gasteiger partial charge on any atom is -0.496 e. The SMILES string of the molecule is COC1=C(c2c(C)n[nH]c2C)CC2Nc3nc(C)nc(-c4cc(NCCC(=O)O)nc5ccccc45)c3C2=C1. The van der Waals surface area contributed by atoms with E-state index >= 15 is 0 Å². The Balaban J connectivity index is 1.52. The zero-order valence-corrected chi connectivity index (χ0v) is 22.2. The Morgan fingerprint density at radius 2 is 1.97 bits per heavy atom. The Labute approximate surface area is 225 Å². The number of aromatic amines is 1. The van der Waals surface area contributed by atoms with E-state index in [-0.39, 0.29) is 19.0 Å². The molecule has 0 saturated carbocycles. The number of para-hydroxylation sites is 1. The Kier molecular flexibility index (Phi) is 6.02. The van der Waals surface area contributed by atoms with Gasteiger partial charge in [-0.15, -0.1) is 0 Å². The zero-order valence-electron chi connectivity index (χ0n) is 22.2. The van der Waals surface area contributed by atoms with Gasteiger partial charge in [0.05, 0.1) is 36.5 Å². The van der Waals surface area contributed by atoms with Crippen LogP contribution in [0.15, 0.2) is 42.2 Å². The summed E-state index contributed by atoms with van der Waals surface area (Å²) in [6.07, 6.45) is 2.80. The van der Waals surface area contributed by atoms with Gasteiger partial charge in [0.25, 0.3) is 0 Å². The molecule has 1 aliphatic heterocycles. The largest absolute Gasteiger partial charge is 0.496 e. The first-order valence-corrected chi connectivity index (χ1v) is 12.9. The number of benzene rings is 1. The molecule has 10 nitrogen and oxygen atoms in total. The van der Waals surface area contributed by atoms with Crippen LogP contribution >= 0.6 is 0 Å². The third-order valence-electron chi connectivity index (χ3n) is 7.25. The van der Waals surface area contributed by atoms with E-state index in [1.54, 1.807) is 7.11 Å². The number of hydrogen-bond acceptors (Lipinski definition) is 8. The van der Waals surface area contributed by atoms with Crippen LogP contribution in [0.25, 0.3) is 33.3 Å². The van der Waals surface area contributed by atoms with E-state index in [9.17, 15) is 4.79 Å². The van der Waals surface area contributed by atoms with Gasteiger partial charge < -0.3 is 20.5 Å². The number of ether oxygens (including phenoxy) is 1. The number of carboxylic acid groups (broad SMARTS) is 1. The number of pyridine rings is 1. The summed E-state index contributed by atoms with van der Waals surface area (Å²) < 4.78 is 5.91. The monoisotopic (exact) mass is 523 g/mol. The number of carboxylic acids is 1. The summed E-state index contributed by atoms with van der Waals surface area (Å²) in [6.45, 7) is 6.18. The summed E-state index contributed by atoms with van der Waals surface area (Å²) in [7, 11) is 1.69. The molecule has 0 radical (unpaired) electrons. The number of nitrogens with zero attached hydrogens (tertiary/aromatic N) is 4. The number of nitrogens with one attached hydrogen (secondary N) is 3. The lowest BCUT2D eigenvalue weighted by molar-refractivity contribution is -0.136. The van der Waals surface area contributed by atoms with Crippen LogP contribution in [0.1, 0.15) is 41.2 Å². The van der Waals surface area contributed by atoms with Gasteiger partial charge in [-0.2, -0.15) is 5.10 Å². The lowest BCUT2D eigenvalue weighted by atomic mass is 9.85. The maximum absolute atomic E-state index is 11.1. The summed E-state index contributed by atoms with van der Waals surface area (Å²) in [5.74, 6) is 1.97. The Bertz CT molecular complexity index is 1680. The highest BCUT2D eigenvalue weighted by Crippen LogP contribution is 2.48. The summed E-state index contributed by atoms with van der Waals surface area (Å²) in [6, 6.07) is 9.84. The van der Waals surface area contributed by atoms with Gasteiger partial charge in [-0.1, -0.05) is 18.2 Å². The molecule has 1 aliphatic carbocycles. The molecule has 10 heteroatoms. The second-order valence-electron chi connectivity index (χ2n) is 9.84. The van der Waals surface area contributed by atoms with E-state index in [4.69, 9.17) is 24.8 Å². The van der Waals surface area contributed by atoms with Crippen molar-refractivity contribution < 1.29 is 14.6 Å². The molecule has 0 saturated heterocycles. The normalized spacial score (nSPS) is 16.0. The fraction of sp³-hybridized carbons (Fsp3) is 0.276. The van der Waals surface area contributed by atoms with Crippen LogP contribution in [0.3, 0.4) is 0 Å². The number of anilines is 2. The summed E-state index contributed by atoms with van der Waals surface area (Å²) in [5, 5.41) is 24.3. The molecule has 39 heavy (non-hydrogen) atoms. The van der Waals surface area contributed by atoms with Crippen molar-refractivity contribution in [3.63, 3.8) is 0 Å². The number of aryl methyl sites for hydroxylation is 3. The number of rotatable bonds is 7. The smallest absolute Gasteiger partial charge is 0.305 e. The predicted octanol–water partition coefficient (Wildman–Crippen LogP) is 4.87. The number of fused-ring (bicyclic) bond motifs is 4. The van der Waals surface area contributed by atoms with Gasteiger partial charge in [0.1, 0.15) is 23.2 Å². The molecule has 198 valence electrons. The van der Waals surface area contributed by atoms with E-state index < -0.39 is 5.97 Å². The number of methoxy groups -OCH3 is 1. The van der Waals surface area contributed by atoms with Crippen LogP contribution in [0, 0.1) is 20.8 Å². The van der Waals surface area contributed by atoms with Crippen molar-refractivity contribution in [1.29, 1.82) is 0 Å². The average Bonchev–Trinajstić information content (AvgIpc) is 3.44. The number of H-pyrrole nitrogens is 1. The van der Waals surface area contributed by atoms with E-state index in [2.05, 4.69) is 26.9 Å². The van der Waals surface area contributed by atoms with Crippen LogP contribution in [-0.2, 0) is 9.53 Å². The molecule has 4 aromatic rings. The molecule has 1 atom stereocenters. The van der Waals surface area contributed by atoms with Crippen molar-refractivity contribution in [2.24, 2.45) is 0 Å². The topological polar surface area (TPSA) is 138 Å². The predicted molar refractivity (Wildman–Crippen MR) is 150 cm³/mol. The lowest BCUT2D eigenvalue weighted by Gasteiger charge is -2.24. The quantitative estimate of drug-likeness (QED) is 0.267. The molecule has 4 N–H and O–H groups in total. The van der Waals surface area contributed by atoms with Gasteiger partial charge >= 0.3 is 5.97 Å². The molecule has 0 bridgehead atoms. The van der Waals surface area contributed by atoms with Crippen LogP contribution in [-0.4, -0.2) is 55.9 Å². The van der Waals surface area contributed by atoms with E-state index in [1.165, 1.54) is 0 Å². The third-order valence-corrected chi connectivity index (χ3v) is 7.25. The van der Waals surface area contributed by atoms with Crippen molar-refractivity contribution in [2.45, 2.75) is 39.7 Å². The Morgan fingerprint density at radius 1 is 1.15 bits per heavy atom. The summed E-state index contributed by atoms with van der Waals surface area (Å²) >= 11 is 0. The molecule has 1 aromatic carbocycles. The molecular weight excluding hydrogens is 494 g/mol. The number of aliphatic carboxylic acids is 1. The number of carbonyl (C=O) groups is 1. The zero-order chi connectivity index (χ0) is 27.3. The van der Waals surface area contributed by atoms with Crippen molar-refractivity contribution in [3.8, 4) is 11.3 Å². The maximum Gasteiger partial charge on any atom is 0.305 e. The van der Waals surface area contributed by atoms with Crippen LogP contribution in [0.2, 0.25) is 0 Å². The summed E-state index contributed by atoms with van der Waals surface area (Å²) in [4.78, 5) is 25.5. The first kappa shape index (κ1) is 24.6. The van der Waals surface area contributed by atoms with E-state index in [0.717, 1.165) is 67.4 Å². The molecule has 0 fully saturated rings. The minimum atomic E-state index is -0.865. The van der Waals surface area contributed by atoms with Gasteiger partial charge in [-0.3, -0.25) is 9.89 Å². The molecule has 2 aliphatic rings. The second-order valence-corrected chi connectivity index (χ2v) is 9.84. The highest BCUT2D eigenvalue weighted by molar-refractivity contribution is 6.03. The van der Waals surface area contributed by atoms with Crippen LogP contribution in [0.5, 0.6) is 0 Å². The van der Waals surface area contributed by atoms with Crippen molar-refractivity contribution >= 4 is 39.7 Å². The highest BCUT2D eigenvalue weighted by Gasteiger charge is 2.37. The average molecular weight is 524 g/mol. The first-order chi connectivity index (χ1) is 18.8. The fourth-order valence-corrected chi connectivity index (χ4v) is 5.59. The Hall–Kier alpha value is -4.73. The number of hydrogen-bond donors (Lipinski definition) is 4. The van der Waals surface area contributed by atoms with Crippen molar-refractivity contribution in [1.82, 2.24) is 25.1 Å². The third kappa shape index (κ3) is 4.27. The molecule has 6 rings (SSSR count). The van der Waals surface area contributed by atoms with Crippen molar-refractivity contribution in [3.05, 3.63) is 70.5 Å². The molecule has 3 aromatic heterocycles. The van der Waals surface area contributed by atoms with E-state index in [0.29, 0.717) is 18.1 Å². The van der Waals surface area contributed by atoms with Gasteiger partial charge in [-0.05, 0) is 44.6 Å². The maximum atomic E-state index is 11.1. The minimum absolute atomic E-state index is 0.00119. The van der Waals surface area contributed by atoms with Gasteiger partial charge in [0.15, 0.2) is 0 Å². The summed E-state index contributed by atoms with van der Waals surface area (Å²) in [5.41, 5.74) is 8.63. The standard InChI is InChI=1S/C29H29N7O3/c1-14-26(15(2)36-35-14)20-11-22-19(12-23(20)39-4)27-28(31-16(3)32-29(27)34-22)18-13-24(30-10-9-25(37)38)33-21-8-6-5-7-17(18)21/h5-8,12-13,22H,9-11H2,1-4H3,(H,30,33)(H,35,36)(H,37,38)(H,31,32,34). The van der Waals surface area contributed by atoms with Crippen molar-refractivity contribution in [2.75, 3.05) is 24.3 Å². The van der Waals surface area contributed by atoms with Crippen LogP contribution in [0.4, 0.5) is 11.6 Å². The number of allylic oxidation sites excluding steroid dienone is 1. The molecule has 4 heterocycles. The second kappa shape index (κ2) is 9.54. The number of aromatic nitrogens is 5. The first-order valence-electron chi connectivity index (χ1n) is 12.9. The fourth-order valence-electron chi connectivity index (χ4n) is 5.59. The van der Waals surface area contributed by atoms with Gasteiger partial charge in [0.2, 0.25) is 0 Å². The lowest BCUT2D eigenvalue weighted by Crippen LogP contribution is -2.20. The Morgan fingerprint density at radius 3 is 2.72 bits per heavy atom. The molecule has 0 spiro atoms. The molecular formula is C29H29N7O3.